The predicted molar refractivity (Wildman–Crippen MR) is 86.6 cm³/mol. The molecule has 1 heterocycles. The minimum Gasteiger partial charge on any atom is -0.493 e. The topological polar surface area (TPSA) is 37.9 Å². The highest BCUT2D eigenvalue weighted by Crippen LogP contribution is 2.24. The molecule has 0 amide bonds. The predicted octanol–water partition coefficient (Wildman–Crippen LogP) is 4.57. The quantitative estimate of drug-likeness (QED) is 0.760. The molecular weight excluding hydrogens is 260 g/mol. The molecule has 21 heavy (non-hydrogen) atoms. The number of aryl methyl sites for hydroxylation is 1. The second-order valence-electron chi connectivity index (χ2n) is 5.84. The number of nitrogens with one attached hydrogen (secondary N) is 1. The van der Waals surface area contributed by atoms with Crippen LogP contribution in [0.1, 0.15) is 19.4 Å². The molecule has 0 atom stereocenters. The average molecular weight is 280 g/mol. The SMILES string of the molecule is Cc1ccc2nc(-c3cccc(OCC(C)C)c3)[nH]c2c1. The van der Waals surface area contributed by atoms with E-state index in [1.54, 1.807) is 0 Å². The van der Waals surface area contributed by atoms with Crippen LogP contribution in [0, 0.1) is 12.8 Å². The van der Waals surface area contributed by atoms with Gasteiger partial charge in [0.25, 0.3) is 0 Å². The van der Waals surface area contributed by atoms with Crippen LogP contribution in [0.25, 0.3) is 22.4 Å². The molecule has 1 aromatic heterocycles. The highest BCUT2D eigenvalue weighted by Gasteiger charge is 2.07. The normalized spacial score (nSPS) is 11.2. The highest BCUT2D eigenvalue weighted by molar-refractivity contribution is 5.80. The molecule has 1 N–H and O–H groups in total. The molecule has 0 aliphatic heterocycles. The molecule has 0 fully saturated rings. The number of ether oxygens (including phenoxy) is 1. The summed E-state index contributed by atoms with van der Waals surface area (Å²) in [7, 11) is 0. The van der Waals surface area contributed by atoms with Crippen LogP contribution >= 0.6 is 0 Å². The number of imidazole rings is 1. The molecule has 3 heteroatoms. The number of fused-ring (bicyclic) bond motifs is 1. The number of aromatic nitrogens is 2. The van der Waals surface area contributed by atoms with E-state index in [2.05, 4.69) is 42.9 Å². The molecule has 0 saturated heterocycles. The zero-order valence-electron chi connectivity index (χ0n) is 12.7. The Morgan fingerprint density at radius 1 is 1.14 bits per heavy atom. The molecule has 108 valence electrons. The van der Waals surface area contributed by atoms with Gasteiger partial charge in [-0.25, -0.2) is 4.98 Å². The summed E-state index contributed by atoms with van der Waals surface area (Å²) in [4.78, 5) is 8.03. The number of hydrogen-bond donors (Lipinski definition) is 1. The Kier molecular flexibility index (Phi) is 3.65. The van der Waals surface area contributed by atoms with Crippen molar-refractivity contribution in [1.29, 1.82) is 0 Å². The van der Waals surface area contributed by atoms with Gasteiger partial charge in [-0.05, 0) is 42.7 Å². The monoisotopic (exact) mass is 280 g/mol. The maximum atomic E-state index is 5.78. The second-order valence-corrected chi connectivity index (χ2v) is 5.84. The number of rotatable bonds is 4. The van der Waals surface area contributed by atoms with Gasteiger partial charge in [-0.15, -0.1) is 0 Å². The van der Waals surface area contributed by atoms with Gasteiger partial charge in [-0.1, -0.05) is 32.0 Å². The van der Waals surface area contributed by atoms with E-state index in [1.807, 2.05) is 30.3 Å². The van der Waals surface area contributed by atoms with Crippen LogP contribution in [-0.4, -0.2) is 16.6 Å². The van der Waals surface area contributed by atoms with Crippen LogP contribution in [0.3, 0.4) is 0 Å². The smallest absolute Gasteiger partial charge is 0.138 e. The minimum atomic E-state index is 0.517. The molecule has 0 saturated carbocycles. The molecule has 0 bridgehead atoms. The Bertz CT molecular complexity index is 759. The van der Waals surface area contributed by atoms with E-state index in [-0.39, 0.29) is 0 Å². The van der Waals surface area contributed by atoms with E-state index in [9.17, 15) is 0 Å². The van der Waals surface area contributed by atoms with E-state index in [1.165, 1.54) is 5.56 Å². The molecule has 0 aliphatic rings. The summed E-state index contributed by atoms with van der Waals surface area (Å²) < 4.78 is 5.78. The second kappa shape index (κ2) is 5.60. The Morgan fingerprint density at radius 2 is 2.00 bits per heavy atom. The average Bonchev–Trinajstić information content (AvgIpc) is 2.88. The summed E-state index contributed by atoms with van der Waals surface area (Å²) in [5.41, 5.74) is 4.33. The Morgan fingerprint density at radius 3 is 2.81 bits per heavy atom. The number of nitrogens with zero attached hydrogens (tertiary/aromatic N) is 1. The first kappa shape index (κ1) is 13.7. The van der Waals surface area contributed by atoms with Crippen LogP contribution in [0.4, 0.5) is 0 Å². The molecule has 0 unspecified atom stereocenters. The standard InChI is InChI=1S/C18H20N2O/c1-12(2)11-21-15-6-4-5-14(10-15)18-19-16-8-7-13(3)9-17(16)20-18/h4-10,12H,11H2,1-3H3,(H,19,20). The maximum Gasteiger partial charge on any atom is 0.138 e. The van der Waals surface area contributed by atoms with Crippen molar-refractivity contribution in [2.24, 2.45) is 5.92 Å². The van der Waals surface area contributed by atoms with Crippen molar-refractivity contribution < 1.29 is 4.74 Å². The number of benzene rings is 2. The zero-order valence-corrected chi connectivity index (χ0v) is 12.7. The van der Waals surface area contributed by atoms with E-state index in [0.717, 1.165) is 34.8 Å². The van der Waals surface area contributed by atoms with Crippen molar-refractivity contribution in [2.75, 3.05) is 6.61 Å². The number of hydrogen-bond acceptors (Lipinski definition) is 2. The lowest BCUT2D eigenvalue weighted by Crippen LogP contribution is -2.04. The van der Waals surface area contributed by atoms with Gasteiger partial charge in [-0.3, -0.25) is 0 Å². The summed E-state index contributed by atoms with van der Waals surface area (Å²) in [6.07, 6.45) is 0. The molecule has 0 aliphatic carbocycles. The summed E-state index contributed by atoms with van der Waals surface area (Å²) in [5, 5.41) is 0. The van der Waals surface area contributed by atoms with Gasteiger partial charge in [0.1, 0.15) is 11.6 Å². The third-order valence-corrected chi connectivity index (χ3v) is 3.33. The first-order valence-corrected chi connectivity index (χ1v) is 7.31. The third-order valence-electron chi connectivity index (χ3n) is 3.33. The molecule has 3 rings (SSSR count). The van der Waals surface area contributed by atoms with E-state index >= 15 is 0 Å². The first-order chi connectivity index (χ1) is 10.1. The van der Waals surface area contributed by atoms with Crippen molar-refractivity contribution in [3.63, 3.8) is 0 Å². The van der Waals surface area contributed by atoms with Crippen molar-refractivity contribution in [3.8, 4) is 17.1 Å². The van der Waals surface area contributed by atoms with Gasteiger partial charge in [0.05, 0.1) is 17.6 Å². The van der Waals surface area contributed by atoms with Crippen LogP contribution in [0.2, 0.25) is 0 Å². The zero-order chi connectivity index (χ0) is 14.8. The van der Waals surface area contributed by atoms with Gasteiger partial charge >= 0.3 is 0 Å². The van der Waals surface area contributed by atoms with Crippen LogP contribution in [0.5, 0.6) is 5.75 Å². The lowest BCUT2D eigenvalue weighted by molar-refractivity contribution is 0.271. The van der Waals surface area contributed by atoms with Gasteiger partial charge in [0.2, 0.25) is 0 Å². The molecule has 0 radical (unpaired) electrons. The summed E-state index contributed by atoms with van der Waals surface area (Å²) in [6.45, 7) is 7.10. The Labute approximate surface area is 125 Å². The van der Waals surface area contributed by atoms with Gasteiger partial charge in [-0.2, -0.15) is 0 Å². The van der Waals surface area contributed by atoms with Crippen LogP contribution < -0.4 is 4.74 Å². The fraction of sp³-hybridized carbons (Fsp3) is 0.278. The molecule has 3 nitrogen and oxygen atoms in total. The van der Waals surface area contributed by atoms with E-state index < -0.39 is 0 Å². The van der Waals surface area contributed by atoms with Gasteiger partial charge in [0, 0.05) is 5.56 Å². The Hall–Kier alpha value is -2.29. The van der Waals surface area contributed by atoms with E-state index in [0.29, 0.717) is 5.92 Å². The summed E-state index contributed by atoms with van der Waals surface area (Å²) in [6, 6.07) is 14.3. The van der Waals surface area contributed by atoms with Crippen molar-refractivity contribution in [2.45, 2.75) is 20.8 Å². The fourth-order valence-corrected chi connectivity index (χ4v) is 2.26. The summed E-state index contributed by atoms with van der Waals surface area (Å²) in [5.74, 6) is 2.28. The molecule has 2 aromatic carbocycles. The number of aromatic amines is 1. The van der Waals surface area contributed by atoms with Crippen LogP contribution in [-0.2, 0) is 0 Å². The lowest BCUT2D eigenvalue weighted by atomic mass is 10.2. The molecule has 0 spiro atoms. The third kappa shape index (κ3) is 3.07. The number of H-pyrrole nitrogens is 1. The largest absolute Gasteiger partial charge is 0.493 e. The fourth-order valence-electron chi connectivity index (χ4n) is 2.26. The summed E-state index contributed by atoms with van der Waals surface area (Å²) >= 11 is 0. The molecule has 3 aromatic rings. The van der Waals surface area contributed by atoms with Gasteiger partial charge in [0.15, 0.2) is 0 Å². The lowest BCUT2D eigenvalue weighted by Gasteiger charge is -2.09. The van der Waals surface area contributed by atoms with E-state index in [4.69, 9.17) is 4.74 Å². The van der Waals surface area contributed by atoms with Crippen molar-refractivity contribution in [1.82, 2.24) is 9.97 Å². The first-order valence-electron chi connectivity index (χ1n) is 7.31. The van der Waals surface area contributed by atoms with Crippen molar-refractivity contribution >= 4 is 11.0 Å². The maximum absolute atomic E-state index is 5.78. The Balaban J connectivity index is 1.92. The minimum absolute atomic E-state index is 0.517. The van der Waals surface area contributed by atoms with Gasteiger partial charge < -0.3 is 9.72 Å². The highest BCUT2D eigenvalue weighted by atomic mass is 16.5. The van der Waals surface area contributed by atoms with Crippen LogP contribution in [0.15, 0.2) is 42.5 Å². The van der Waals surface area contributed by atoms with Crippen molar-refractivity contribution in [3.05, 3.63) is 48.0 Å². The molecular formula is C18H20N2O.